The van der Waals surface area contributed by atoms with Crippen molar-refractivity contribution in [1.29, 1.82) is 0 Å². The Labute approximate surface area is 122 Å². The van der Waals surface area contributed by atoms with Crippen LogP contribution < -0.4 is 0 Å². The molecule has 0 atom stereocenters. The van der Waals surface area contributed by atoms with Crippen LogP contribution in [0.1, 0.15) is 59.3 Å². The fourth-order valence-corrected chi connectivity index (χ4v) is 3.23. The molecule has 118 valence electrons. The lowest BCUT2D eigenvalue weighted by molar-refractivity contribution is 0.0384. The van der Waals surface area contributed by atoms with Gasteiger partial charge in [-0.1, -0.05) is 32.1 Å². The van der Waals surface area contributed by atoms with Crippen molar-refractivity contribution < 1.29 is 17.9 Å². The molecule has 0 radical (unpaired) electrons. The van der Waals surface area contributed by atoms with Crippen molar-refractivity contribution in [3.8, 4) is 0 Å². The summed E-state index contributed by atoms with van der Waals surface area (Å²) in [6.07, 6.45) is 6.95. The van der Waals surface area contributed by atoms with Crippen LogP contribution in [0.3, 0.4) is 0 Å². The van der Waals surface area contributed by atoms with Crippen molar-refractivity contribution in [2.45, 2.75) is 64.9 Å². The Balaban J connectivity index is 2.63. The molecular formula is C14H27NO4S. The third kappa shape index (κ3) is 6.11. The van der Waals surface area contributed by atoms with Crippen LogP contribution in [0.15, 0.2) is 0 Å². The van der Waals surface area contributed by atoms with E-state index in [1.54, 1.807) is 20.8 Å². The van der Waals surface area contributed by atoms with Gasteiger partial charge in [-0.05, 0) is 33.1 Å². The first-order valence-electron chi connectivity index (χ1n) is 7.30. The molecule has 1 saturated carbocycles. The molecule has 0 aromatic rings. The minimum atomic E-state index is -3.58. The predicted molar refractivity (Wildman–Crippen MR) is 79.0 cm³/mol. The second-order valence-corrected chi connectivity index (χ2v) is 8.51. The number of amides is 1. The van der Waals surface area contributed by atoms with E-state index >= 15 is 0 Å². The van der Waals surface area contributed by atoms with E-state index in [-0.39, 0.29) is 6.54 Å². The molecule has 0 heterocycles. The van der Waals surface area contributed by atoms with Crippen molar-refractivity contribution in [2.24, 2.45) is 5.92 Å². The van der Waals surface area contributed by atoms with Crippen molar-refractivity contribution in [3.05, 3.63) is 0 Å². The summed E-state index contributed by atoms with van der Waals surface area (Å²) in [5.74, 6) is 0.524. The number of nitrogens with zero attached hydrogens (tertiary/aromatic N) is 1. The van der Waals surface area contributed by atoms with E-state index in [0.717, 1.165) is 29.8 Å². The topological polar surface area (TPSA) is 63.7 Å². The zero-order valence-electron chi connectivity index (χ0n) is 13.0. The van der Waals surface area contributed by atoms with Crippen LogP contribution >= 0.6 is 0 Å². The smallest absolute Gasteiger partial charge is 0.424 e. The Kier molecular flexibility index (Phi) is 5.86. The predicted octanol–water partition coefficient (Wildman–Crippen LogP) is 3.15. The molecule has 0 spiro atoms. The number of hydrogen-bond acceptors (Lipinski definition) is 4. The fourth-order valence-electron chi connectivity index (χ4n) is 2.48. The van der Waals surface area contributed by atoms with E-state index in [1.165, 1.54) is 19.3 Å². The molecule has 6 heteroatoms. The highest BCUT2D eigenvalue weighted by atomic mass is 32.2. The van der Waals surface area contributed by atoms with Gasteiger partial charge in [-0.3, -0.25) is 0 Å². The van der Waals surface area contributed by atoms with Crippen LogP contribution in [0.4, 0.5) is 4.79 Å². The molecule has 1 aliphatic carbocycles. The van der Waals surface area contributed by atoms with Crippen LogP contribution in [-0.4, -0.2) is 37.2 Å². The molecule has 0 saturated heterocycles. The quantitative estimate of drug-likeness (QED) is 0.800. The standard InChI is InChI=1S/C14H27NO4S/c1-14(2,3)19-13(16)15(20(4,17)18)11-10-12-8-6-5-7-9-12/h12H,5-11H2,1-4H3. The zero-order valence-corrected chi connectivity index (χ0v) is 13.8. The van der Waals surface area contributed by atoms with Gasteiger partial charge < -0.3 is 4.74 Å². The normalized spacial score (nSPS) is 17.8. The minimum Gasteiger partial charge on any atom is -0.443 e. The highest BCUT2D eigenvalue weighted by Crippen LogP contribution is 2.27. The van der Waals surface area contributed by atoms with Gasteiger partial charge in [-0.25, -0.2) is 17.5 Å². The lowest BCUT2D eigenvalue weighted by Gasteiger charge is -2.28. The number of carbonyl (C=O) groups excluding carboxylic acids is 1. The van der Waals surface area contributed by atoms with Crippen LogP contribution in [0.2, 0.25) is 0 Å². The lowest BCUT2D eigenvalue weighted by Crippen LogP contribution is -2.41. The summed E-state index contributed by atoms with van der Waals surface area (Å²) in [6.45, 7) is 5.41. The van der Waals surface area contributed by atoms with Crippen LogP contribution in [0, 0.1) is 5.92 Å². The molecule has 5 nitrogen and oxygen atoms in total. The summed E-state index contributed by atoms with van der Waals surface area (Å²) in [5, 5.41) is 0. The van der Waals surface area contributed by atoms with Gasteiger partial charge in [0.05, 0.1) is 6.26 Å². The van der Waals surface area contributed by atoms with Crippen LogP contribution in [0.5, 0.6) is 0 Å². The molecule has 1 aliphatic rings. The first kappa shape index (κ1) is 17.3. The largest absolute Gasteiger partial charge is 0.443 e. The number of rotatable bonds is 4. The Morgan fingerprint density at radius 2 is 1.75 bits per heavy atom. The third-order valence-electron chi connectivity index (χ3n) is 3.46. The van der Waals surface area contributed by atoms with E-state index in [1.807, 2.05) is 0 Å². The molecule has 1 rings (SSSR count). The Morgan fingerprint density at radius 3 is 2.20 bits per heavy atom. The van der Waals surface area contributed by atoms with E-state index in [9.17, 15) is 13.2 Å². The van der Waals surface area contributed by atoms with Gasteiger partial charge in [0.15, 0.2) is 0 Å². The average Bonchev–Trinajstić information content (AvgIpc) is 2.26. The molecule has 1 fully saturated rings. The molecule has 0 aromatic heterocycles. The highest BCUT2D eigenvalue weighted by molar-refractivity contribution is 7.88. The van der Waals surface area contributed by atoms with Gasteiger partial charge in [0.1, 0.15) is 5.60 Å². The summed E-state index contributed by atoms with van der Waals surface area (Å²) < 4.78 is 29.6. The molecule has 20 heavy (non-hydrogen) atoms. The van der Waals surface area contributed by atoms with Gasteiger partial charge in [0, 0.05) is 6.54 Å². The molecule has 0 unspecified atom stereocenters. The summed E-state index contributed by atoms with van der Waals surface area (Å²) in [5.41, 5.74) is -0.690. The Hall–Kier alpha value is -0.780. The maximum absolute atomic E-state index is 12.0. The van der Waals surface area contributed by atoms with Gasteiger partial charge in [-0.2, -0.15) is 0 Å². The van der Waals surface area contributed by atoms with E-state index in [4.69, 9.17) is 4.74 Å². The van der Waals surface area contributed by atoms with Gasteiger partial charge in [0.2, 0.25) is 10.0 Å². The molecular weight excluding hydrogens is 278 g/mol. The number of sulfonamides is 1. The fraction of sp³-hybridized carbons (Fsp3) is 0.929. The highest BCUT2D eigenvalue weighted by Gasteiger charge is 2.29. The summed E-state index contributed by atoms with van der Waals surface area (Å²) in [6, 6.07) is 0. The second-order valence-electron chi connectivity index (χ2n) is 6.61. The first-order valence-corrected chi connectivity index (χ1v) is 9.15. The Bertz CT molecular complexity index is 419. The summed E-state index contributed by atoms with van der Waals surface area (Å²) in [4.78, 5) is 12.0. The van der Waals surface area contributed by atoms with Crippen molar-refractivity contribution in [1.82, 2.24) is 4.31 Å². The van der Waals surface area contributed by atoms with Crippen LogP contribution in [0.25, 0.3) is 0 Å². The SMILES string of the molecule is CC(C)(C)OC(=O)N(CCC1CCCCC1)S(C)(=O)=O. The number of carbonyl (C=O) groups is 1. The monoisotopic (exact) mass is 305 g/mol. The number of hydrogen-bond donors (Lipinski definition) is 0. The summed E-state index contributed by atoms with van der Waals surface area (Å²) >= 11 is 0. The summed E-state index contributed by atoms with van der Waals surface area (Å²) in [7, 11) is -3.58. The molecule has 1 amide bonds. The van der Waals surface area contributed by atoms with E-state index < -0.39 is 21.7 Å². The Morgan fingerprint density at radius 1 is 1.20 bits per heavy atom. The molecule has 0 aliphatic heterocycles. The maximum atomic E-state index is 12.0. The van der Waals surface area contributed by atoms with Crippen molar-refractivity contribution >= 4 is 16.1 Å². The van der Waals surface area contributed by atoms with Crippen molar-refractivity contribution in [3.63, 3.8) is 0 Å². The maximum Gasteiger partial charge on any atom is 0.424 e. The van der Waals surface area contributed by atoms with Gasteiger partial charge in [0.25, 0.3) is 0 Å². The first-order chi connectivity index (χ1) is 9.09. The second kappa shape index (κ2) is 6.78. The zero-order chi connectivity index (χ0) is 15.4. The average molecular weight is 305 g/mol. The van der Waals surface area contributed by atoms with E-state index in [0.29, 0.717) is 5.92 Å². The van der Waals surface area contributed by atoms with Gasteiger partial charge in [-0.15, -0.1) is 0 Å². The minimum absolute atomic E-state index is 0.221. The number of ether oxygens (including phenoxy) is 1. The lowest BCUT2D eigenvalue weighted by atomic mass is 9.87. The third-order valence-corrected chi connectivity index (χ3v) is 4.59. The molecule has 0 bridgehead atoms. The van der Waals surface area contributed by atoms with Crippen LogP contribution in [-0.2, 0) is 14.8 Å². The molecule has 0 N–H and O–H groups in total. The van der Waals surface area contributed by atoms with Gasteiger partial charge >= 0.3 is 6.09 Å². The van der Waals surface area contributed by atoms with Crippen molar-refractivity contribution in [2.75, 3.05) is 12.8 Å². The molecule has 0 aromatic carbocycles. The van der Waals surface area contributed by atoms with E-state index in [2.05, 4.69) is 0 Å².